The minimum atomic E-state index is -1.26. The van der Waals surface area contributed by atoms with E-state index in [0.29, 0.717) is 23.6 Å². The van der Waals surface area contributed by atoms with E-state index in [2.05, 4.69) is 12.4 Å². The van der Waals surface area contributed by atoms with Crippen LogP contribution in [0.3, 0.4) is 0 Å². The van der Waals surface area contributed by atoms with Gasteiger partial charge in [-0.25, -0.2) is 9.59 Å². The number of carbonyl (C=O) groups is 2. The van der Waals surface area contributed by atoms with Gasteiger partial charge in [0.15, 0.2) is 0 Å². The number of aliphatic carboxylic acids is 2. The van der Waals surface area contributed by atoms with Crippen LogP contribution in [-0.2, 0) is 9.59 Å². The molecule has 0 amide bonds. The van der Waals surface area contributed by atoms with E-state index in [0.717, 1.165) is 24.3 Å². The Kier molecular flexibility index (Phi) is 5.81. The molecular weight excluding hydrogens is 296 g/mol. The summed E-state index contributed by atoms with van der Waals surface area (Å²) in [4.78, 5) is 19.1. The van der Waals surface area contributed by atoms with Gasteiger partial charge in [-0.2, -0.15) is 0 Å². The summed E-state index contributed by atoms with van der Waals surface area (Å²) in [6.45, 7) is 0.822. The van der Waals surface area contributed by atoms with Crippen LogP contribution >= 0.6 is 0 Å². The first kappa shape index (κ1) is 17.9. The van der Waals surface area contributed by atoms with E-state index in [1.165, 1.54) is 38.5 Å². The molecule has 6 heteroatoms. The van der Waals surface area contributed by atoms with Gasteiger partial charge in [0.25, 0.3) is 0 Å². The largest absolute Gasteiger partial charge is 0.478 e. The van der Waals surface area contributed by atoms with E-state index < -0.39 is 11.9 Å². The van der Waals surface area contributed by atoms with Crippen molar-refractivity contribution in [3.63, 3.8) is 0 Å². The Hall–Kier alpha value is -1.40. The first-order chi connectivity index (χ1) is 10.9. The summed E-state index contributed by atoms with van der Waals surface area (Å²) in [6.07, 6.45) is 10.1. The molecule has 0 radical (unpaired) electrons. The Balaban J connectivity index is 0.000000207. The Bertz CT molecular complexity index is 420. The lowest BCUT2D eigenvalue weighted by atomic mass is 9.47. The number of likely N-dealkylation sites (N-methyl/N-ethyl adjacent to an activating group) is 1. The second-order valence-corrected chi connectivity index (χ2v) is 7.37. The molecule has 4 saturated carbocycles. The van der Waals surface area contributed by atoms with Crippen molar-refractivity contribution in [1.29, 1.82) is 0 Å². The highest BCUT2D eigenvalue weighted by Gasteiger charge is 2.53. The third-order valence-electron chi connectivity index (χ3n) is 5.78. The van der Waals surface area contributed by atoms with Crippen molar-refractivity contribution in [2.45, 2.75) is 44.6 Å². The molecular formula is C17H28N2O4. The molecule has 0 heterocycles. The average molecular weight is 324 g/mol. The molecule has 4 aliphatic carbocycles. The zero-order valence-electron chi connectivity index (χ0n) is 13.7. The summed E-state index contributed by atoms with van der Waals surface area (Å²) in [5.74, 6) is 0.607. The standard InChI is InChI=1S/C13H24N2.C4H4O4/c1-15-12(8-14)13-5-9-2-10(6-13)4-11(3-9)7-13;5-3(6)1-2-4(7)8/h9-12,15H,2-8,14H2,1H3;1-2H,(H,5,6)(H,7,8)/b;2-1-. The SMILES string of the molecule is CNC(CN)C12CC3CC(CC(C3)C1)C2.O=C(O)/C=C\C(=O)O. The third-order valence-corrected chi connectivity index (χ3v) is 5.78. The molecule has 5 N–H and O–H groups in total. The maximum atomic E-state index is 9.55. The normalized spacial score (nSPS) is 35.7. The van der Waals surface area contributed by atoms with Crippen molar-refractivity contribution in [1.82, 2.24) is 5.32 Å². The highest BCUT2D eigenvalue weighted by Crippen LogP contribution is 2.61. The molecule has 0 aliphatic heterocycles. The van der Waals surface area contributed by atoms with E-state index in [4.69, 9.17) is 15.9 Å². The van der Waals surface area contributed by atoms with E-state index >= 15 is 0 Å². The Labute approximate surface area is 137 Å². The van der Waals surface area contributed by atoms with Crippen LogP contribution in [0.25, 0.3) is 0 Å². The molecule has 4 rings (SSSR count). The molecule has 1 atom stereocenters. The number of hydrogen-bond acceptors (Lipinski definition) is 4. The molecule has 4 aliphatic rings. The van der Waals surface area contributed by atoms with Crippen LogP contribution in [0, 0.1) is 23.2 Å². The quantitative estimate of drug-likeness (QED) is 0.570. The van der Waals surface area contributed by atoms with Gasteiger partial charge in [0.1, 0.15) is 0 Å². The summed E-state index contributed by atoms with van der Waals surface area (Å²) >= 11 is 0. The van der Waals surface area contributed by atoms with Gasteiger partial charge in [0.2, 0.25) is 0 Å². The van der Waals surface area contributed by atoms with Crippen molar-refractivity contribution >= 4 is 11.9 Å². The predicted molar refractivity (Wildman–Crippen MR) is 86.9 cm³/mol. The highest BCUT2D eigenvalue weighted by molar-refractivity contribution is 5.89. The Morgan fingerprint density at radius 1 is 1.09 bits per heavy atom. The van der Waals surface area contributed by atoms with Crippen molar-refractivity contribution in [3.8, 4) is 0 Å². The molecule has 130 valence electrons. The van der Waals surface area contributed by atoms with Gasteiger partial charge in [-0.3, -0.25) is 0 Å². The van der Waals surface area contributed by atoms with E-state index in [1.807, 2.05) is 0 Å². The minimum absolute atomic E-state index is 0.558. The van der Waals surface area contributed by atoms with Crippen LogP contribution in [-0.4, -0.2) is 41.8 Å². The molecule has 4 fully saturated rings. The molecule has 23 heavy (non-hydrogen) atoms. The number of nitrogens with two attached hydrogens (primary N) is 1. The van der Waals surface area contributed by atoms with E-state index in [9.17, 15) is 9.59 Å². The summed E-state index contributed by atoms with van der Waals surface area (Å²) in [6, 6.07) is 0.575. The van der Waals surface area contributed by atoms with Crippen LogP contribution in [0.15, 0.2) is 12.2 Å². The number of hydrogen-bond donors (Lipinski definition) is 4. The summed E-state index contributed by atoms with van der Waals surface area (Å²) in [5, 5.41) is 19.1. The number of nitrogens with one attached hydrogen (secondary N) is 1. The molecule has 0 aromatic carbocycles. The second-order valence-electron chi connectivity index (χ2n) is 7.37. The average Bonchev–Trinajstić information content (AvgIpc) is 2.45. The lowest BCUT2D eigenvalue weighted by Gasteiger charge is -2.59. The highest BCUT2D eigenvalue weighted by atomic mass is 16.4. The van der Waals surface area contributed by atoms with Gasteiger partial charge in [0.05, 0.1) is 0 Å². The third kappa shape index (κ3) is 4.32. The fourth-order valence-corrected chi connectivity index (χ4v) is 5.42. The fourth-order valence-electron chi connectivity index (χ4n) is 5.42. The summed E-state index contributed by atoms with van der Waals surface area (Å²) in [7, 11) is 2.09. The first-order valence-corrected chi connectivity index (χ1v) is 8.39. The van der Waals surface area contributed by atoms with Crippen molar-refractivity contribution in [3.05, 3.63) is 12.2 Å². The molecule has 4 bridgehead atoms. The van der Waals surface area contributed by atoms with Crippen LogP contribution in [0.4, 0.5) is 0 Å². The van der Waals surface area contributed by atoms with E-state index in [1.54, 1.807) is 0 Å². The van der Waals surface area contributed by atoms with Crippen molar-refractivity contribution < 1.29 is 19.8 Å². The molecule has 0 saturated heterocycles. The number of carboxylic acids is 2. The second kappa shape index (κ2) is 7.45. The van der Waals surface area contributed by atoms with Gasteiger partial charge in [-0.15, -0.1) is 0 Å². The van der Waals surface area contributed by atoms with Gasteiger partial charge in [-0.1, -0.05) is 0 Å². The predicted octanol–water partition coefficient (Wildman–Crippen LogP) is 1.46. The van der Waals surface area contributed by atoms with Gasteiger partial charge < -0.3 is 21.3 Å². The smallest absolute Gasteiger partial charge is 0.328 e. The van der Waals surface area contributed by atoms with Crippen LogP contribution in [0.5, 0.6) is 0 Å². The monoisotopic (exact) mass is 324 g/mol. The minimum Gasteiger partial charge on any atom is -0.478 e. The van der Waals surface area contributed by atoms with Crippen LogP contribution in [0.1, 0.15) is 38.5 Å². The lowest BCUT2D eigenvalue weighted by molar-refractivity contribution is -0.134. The van der Waals surface area contributed by atoms with Gasteiger partial charge >= 0.3 is 11.9 Å². The van der Waals surface area contributed by atoms with Crippen molar-refractivity contribution in [2.75, 3.05) is 13.6 Å². The molecule has 0 aromatic heterocycles. The van der Waals surface area contributed by atoms with Crippen LogP contribution < -0.4 is 11.1 Å². The molecule has 0 spiro atoms. The van der Waals surface area contributed by atoms with Gasteiger partial charge in [0, 0.05) is 24.7 Å². The van der Waals surface area contributed by atoms with Crippen molar-refractivity contribution in [2.24, 2.45) is 28.9 Å². The zero-order valence-corrected chi connectivity index (χ0v) is 13.7. The molecule has 0 aromatic rings. The van der Waals surface area contributed by atoms with E-state index in [-0.39, 0.29) is 0 Å². The number of rotatable bonds is 5. The lowest BCUT2D eigenvalue weighted by Crippen LogP contribution is -2.57. The fraction of sp³-hybridized carbons (Fsp3) is 0.765. The Morgan fingerprint density at radius 2 is 1.48 bits per heavy atom. The summed E-state index contributed by atoms with van der Waals surface area (Å²) in [5.41, 5.74) is 6.52. The number of carboxylic acid groups (broad SMARTS) is 2. The Morgan fingerprint density at radius 3 is 1.74 bits per heavy atom. The summed E-state index contributed by atoms with van der Waals surface area (Å²) < 4.78 is 0. The maximum absolute atomic E-state index is 9.55. The maximum Gasteiger partial charge on any atom is 0.328 e. The molecule has 6 nitrogen and oxygen atoms in total. The van der Waals surface area contributed by atoms with Gasteiger partial charge in [-0.05, 0) is 68.7 Å². The zero-order chi connectivity index (χ0) is 17.0. The first-order valence-electron chi connectivity index (χ1n) is 8.39. The van der Waals surface area contributed by atoms with Crippen LogP contribution in [0.2, 0.25) is 0 Å². The topological polar surface area (TPSA) is 113 Å². The molecule has 1 unspecified atom stereocenters.